The van der Waals surface area contributed by atoms with Gasteiger partial charge in [-0.3, -0.25) is 0 Å². The second-order valence-electron chi connectivity index (χ2n) is 9.96. The molecule has 0 spiro atoms. The molecule has 0 unspecified atom stereocenters. The lowest BCUT2D eigenvalue weighted by Gasteiger charge is -2.24. The van der Waals surface area contributed by atoms with Crippen molar-refractivity contribution in [1.82, 2.24) is 0 Å². The van der Waals surface area contributed by atoms with E-state index in [1.165, 1.54) is 54.9 Å². The molecule has 0 amide bonds. The summed E-state index contributed by atoms with van der Waals surface area (Å²) in [7, 11) is 0. The molecule has 0 bridgehead atoms. The van der Waals surface area contributed by atoms with Crippen LogP contribution in [-0.2, 0) is 25.7 Å². The highest BCUT2D eigenvalue weighted by molar-refractivity contribution is 6.24. The van der Waals surface area contributed by atoms with Crippen molar-refractivity contribution >= 4 is 43.9 Å². The van der Waals surface area contributed by atoms with Crippen LogP contribution in [0.3, 0.4) is 0 Å². The van der Waals surface area contributed by atoms with Gasteiger partial charge in [-0.2, -0.15) is 0 Å². The monoisotopic (exact) mass is 450 g/mol. The van der Waals surface area contributed by atoms with Crippen LogP contribution in [0.15, 0.2) is 45.2 Å². The molecule has 6 rings (SSSR count). The Bertz CT molecular complexity index is 1470. The van der Waals surface area contributed by atoms with E-state index >= 15 is 0 Å². The fraction of sp³-hybridized carbons (Fsp3) is 0.375. The van der Waals surface area contributed by atoms with Crippen LogP contribution in [-0.4, -0.2) is 0 Å². The molecule has 0 fully saturated rings. The second kappa shape index (κ2) is 8.34. The summed E-state index contributed by atoms with van der Waals surface area (Å²) in [6.07, 6.45) is 8.76. The topological polar surface area (TPSA) is 26.3 Å². The number of hydrogen-bond donors (Lipinski definition) is 0. The average molecular weight is 451 g/mol. The summed E-state index contributed by atoms with van der Waals surface area (Å²) in [5, 5.41) is 5.01. The molecule has 0 saturated heterocycles. The molecule has 2 heterocycles. The van der Waals surface area contributed by atoms with Crippen molar-refractivity contribution in [2.75, 3.05) is 0 Å². The smallest absolute Gasteiger partial charge is 0.139 e. The van der Waals surface area contributed by atoms with Gasteiger partial charge in [-0.05, 0) is 70.8 Å². The Morgan fingerprint density at radius 2 is 0.941 bits per heavy atom. The van der Waals surface area contributed by atoms with Crippen LogP contribution in [0.25, 0.3) is 55.0 Å². The molecule has 2 aliphatic heterocycles. The SMILES string of the molecule is CCCc1cc2ccc3oc4c(CCC)c(CCC)cc5ccc6oc(c1CCC)c2c3-c6c54. The van der Waals surface area contributed by atoms with Crippen molar-refractivity contribution in [3.05, 3.63) is 58.7 Å². The molecule has 0 radical (unpaired) electrons. The zero-order valence-corrected chi connectivity index (χ0v) is 20.9. The summed E-state index contributed by atoms with van der Waals surface area (Å²) in [6, 6.07) is 13.7. The van der Waals surface area contributed by atoms with Gasteiger partial charge in [0.15, 0.2) is 0 Å². The lowest BCUT2D eigenvalue weighted by molar-refractivity contribution is 0.637. The molecule has 4 aromatic rings. The van der Waals surface area contributed by atoms with Gasteiger partial charge < -0.3 is 8.83 Å². The molecule has 0 atom stereocenters. The second-order valence-corrected chi connectivity index (χ2v) is 9.96. The summed E-state index contributed by atoms with van der Waals surface area (Å²) in [5.74, 6) is 0. The van der Waals surface area contributed by atoms with Crippen LogP contribution in [0.2, 0.25) is 0 Å². The number of aryl methyl sites for hydroxylation is 4. The molecular weight excluding hydrogens is 416 g/mol. The Labute approximate surface area is 201 Å². The molecule has 0 aromatic heterocycles. The van der Waals surface area contributed by atoms with Crippen molar-refractivity contribution in [2.45, 2.75) is 79.1 Å². The maximum atomic E-state index is 6.83. The molecule has 0 aliphatic carbocycles. The minimum Gasteiger partial charge on any atom is -0.456 e. The van der Waals surface area contributed by atoms with Crippen molar-refractivity contribution in [3.8, 4) is 11.1 Å². The van der Waals surface area contributed by atoms with Gasteiger partial charge in [0, 0.05) is 21.9 Å². The fourth-order valence-electron chi connectivity index (χ4n) is 6.22. The zero-order chi connectivity index (χ0) is 23.4. The Balaban J connectivity index is 1.82. The van der Waals surface area contributed by atoms with Gasteiger partial charge in [0.1, 0.15) is 22.3 Å². The Morgan fingerprint density at radius 1 is 0.529 bits per heavy atom. The van der Waals surface area contributed by atoms with E-state index in [4.69, 9.17) is 8.83 Å². The van der Waals surface area contributed by atoms with Crippen molar-refractivity contribution in [3.63, 3.8) is 0 Å². The van der Waals surface area contributed by atoms with Crippen molar-refractivity contribution < 1.29 is 8.83 Å². The van der Waals surface area contributed by atoms with E-state index in [0.717, 1.165) is 73.7 Å². The highest BCUT2D eigenvalue weighted by atomic mass is 16.3. The van der Waals surface area contributed by atoms with Gasteiger partial charge in [0.25, 0.3) is 0 Å². The Kier molecular flexibility index (Phi) is 5.28. The van der Waals surface area contributed by atoms with E-state index in [1.54, 1.807) is 0 Å². The third-order valence-electron chi connectivity index (χ3n) is 7.55. The summed E-state index contributed by atoms with van der Waals surface area (Å²) >= 11 is 0. The van der Waals surface area contributed by atoms with Gasteiger partial charge in [0.05, 0.1) is 0 Å². The Hall–Kier alpha value is -3.00. The van der Waals surface area contributed by atoms with Gasteiger partial charge in [-0.15, -0.1) is 0 Å². The lowest BCUT2D eigenvalue weighted by Crippen LogP contribution is -2.03. The van der Waals surface area contributed by atoms with E-state index in [9.17, 15) is 0 Å². The van der Waals surface area contributed by atoms with E-state index in [2.05, 4.69) is 64.1 Å². The molecule has 2 aliphatic rings. The highest BCUT2D eigenvalue weighted by Crippen LogP contribution is 2.50. The quantitative estimate of drug-likeness (QED) is 0.170. The van der Waals surface area contributed by atoms with E-state index in [-0.39, 0.29) is 0 Å². The third-order valence-corrected chi connectivity index (χ3v) is 7.55. The summed E-state index contributed by atoms with van der Waals surface area (Å²) < 4.78 is 13.7. The highest BCUT2D eigenvalue weighted by Gasteiger charge is 2.27. The maximum Gasteiger partial charge on any atom is 0.139 e. The molecule has 174 valence electrons. The van der Waals surface area contributed by atoms with Crippen LogP contribution < -0.4 is 0 Å². The third kappa shape index (κ3) is 3.00. The van der Waals surface area contributed by atoms with Crippen LogP contribution in [0.5, 0.6) is 0 Å². The minimum absolute atomic E-state index is 0.981. The first-order valence-electron chi connectivity index (χ1n) is 13.3. The van der Waals surface area contributed by atoms with Crippen LogP contribution in [0.1, 0.15) is 75.6 Å². The number of hydrogen-bond acceptors (Lipinski definition) is 2. The molecule has 34 heavy (non-hydrogen) atoms. The molecule has 4 aromatic carbocycles. The predicted molar refractivity (Wildman–Crippen MR) is 145 cm³/mol. The first-order chi connectivity index (χ1) is 16.7. The summed E-state index contributed by atoms with van der Waals surface area (Å²) in [6.45, 7) is 9.04. The van der Waals surface area contributed by atoms with E-state index in [1.807, 2.05) is 0 Å². The van der Waals surface area contributed by atoms with E-state index in [0.29, 0.717) is 0 Å². The molecule has 0 N–H and O–H groups in total. The molecule has 2 nitrogen and oxygen atoms in total. The molecular formula is C32H34O2. The van der Waals surface area contributed by atoms with Crippen LogP contribution in [0, 0.1) is 0 Å². The maximum absolute atomic E-state index is 6.83. The zero-order valence-electron chi connectivity index (χ0n) is 20.9. The average Bonchev–Trinajstić information content (AvgIpc) is 2.84. The van der Waals surface area contributed by atoms with Gasteiger partial charge >= 0.3 is 0 Å². The largest absolute Gasteiger partial charge is 0.456 e. The number of rotatable bonds is 8. The van der Waals surface area contributed by atoms with E-state index < -0.39 is 0 Å². The van der Waals surface area contributed by atoms with Crippen LogP contribution in [0.4, 0.5) is 0 Å². The van der Waals surface area contributed by atoms with Gasteiger partial charge in [-0.25, -0.2) is 0 Å². The first-order valence-corrected chi connectivity index (χ1v) is 13.3. The van der Waals surface area contributed by atoms with Crippen molar-refractivity contribution in [2.24, 2.45) is 0 Å². The minimum atomic E-state index is 0.981. The van der Waals surface area contributed by atoms with Gasteiger partial charge in [-0.1, -0.05) is 77.6 Å². The Morgan fingerprint density at radius 3 is 1.32 bits per heavy atom. The van der Waals surface area contributed by atoms with Crippen LogP contribution >= 0.6 is 0 Å². The molecule has 2 heteroatoms. The standard InChI is InChI=1S/C32H34O2/c1-5-9-19-17-21-13-15-26-29-27(21)31(23(19)11-7-3)33-25-16-14-22-18-20(10-6-2)24(12-8-4)32(34-26)28(22)30(25)29/h13-18H,5-12H2,1-4H3. The molecule has 0 saturated carbocycles. The normalized spacial score (nSPS) is 12.5. The lowest BCUT2D eigenvalue weighted by atomic mass is 9.85. The predicted octanol–water partition coefficient (Wildman–Crippen LogP) is 9.84. The number of benzene rings is 4. The summed E-state index contributed by atoms with van der Waals surface area (Å²) in [4.78, 5) is 0. The van der Waals surface area contributed by atoms with Crippen molar-refractivity contribution in [1.29, 1.82) is 0 Å². The van der Waals surface area contributed by atoms with Gasteiger partial charge in [0.2, 0.25) is 0 Å². The first kappa shape index (κ1) is 21.5. The fourth-order valence-corrected chi connectivity index (χ4v) is 6.22. The summed E-state index contributed by atoms with van der Waals surface area (Å²) in [5.41, 5.74) is 12.2.